The second kappa shape index (κ2) is 7.22. The summed E-state index contributed by atoms with van der Waals surface area (Å²) in [5.41, 5.74) is 0.0813. The van der Waals surface area contributed by atoms with Gasteiger partial charge in [-0.15, -0.1) is 0 Å². The average Bonchev–Trinajstić information content (AvgIpc) is 2.38. The van der Waals surface area contributed by atoms with E-state index < -0.39 is 17.7 Å². The molecule has 1 aromatic carbocycles. The van der Waals surface area contributed by atoms with E-state index in [9.17, 15) is 13.6 Å². The highest BCUT2D eigenvalue weighted by molar-refractivity contribution is 5.84. The molecule has 0 aromatic heterocycles. The maximum absolute atomic E-state index is 13.8. The van der Waals surface area contributed by atoms with Crippen molar-refractivity contribution >= 4 is 11.6 Å². The number of amides is 1. The van der Waals surface area contributed by atoms with Gasteiger partial charge in [0.25, 0.3) is 0 Å². The Kier molecular flexibility index (Phi) is 5.92. The summed E-state index contributed by atoms with van der Waals surface area (Å²) in [6.45, 7) is 7.80. The van der Waals surface area contributed by atoms with Crippen molar-refractivity contribution in [2.45, 2.75) is 40.2 Å². The van der Waals surface area contributed by atoms with Gasteiger partial charge in [-0.05, 0) is 37.8 Å². The number of carbonyl (C=O) groups is 1. The van der Waals surface area contributed by atoms with Gasteiger partial charge in [0.05, 0.1) is 0 Å². The van der Waals surface area contributed by atoms with Crippen LogP contribution in [0.5, 0.6) is 0 Å². The third kappa shape index (κ3) is 4.47. The zero-order chi connectivity index (χ0) is 15.3. The predicted octanol–water partition coefficient (Wildman–Crippen LogP) is 3.24. The molecule has 0 heterocycles. The molecular weight excluding hydrogens is 262 g/mol. The van der Waals surface area contributed by atoms with Gasteiger partial charge in [-0.2, -0.15) is 0 Å². The van der Waals surface area contributed by atoms with Crippen LogP contribution in [0.25, 0.3) is 0 Å². The van der Waals surface area contributed by atoms with E-state index in [1.54, 1.807) is 13.8 Å². The minimum absolute atomic E-state index is 0.253. The van der Waals surface area contributed by atoms with E-state index in [0.29, 0.717) is 18.0 Å². The molecule has 1 amide bonds. The largest absolute Gasteiger partial charge is 0.369 e. The van der Waals surface area contributed by atoms with Crippen molar-refractivity contribution < 1.29 is 13.6 Å². The first-order valence-corrected chi connectivity index (χ1v) is 6.81. The first-order valence-electron chi connectivity index (χ1n) is 6.81. The Morgan fingerprint density at radius 1 is 1.25 bits per heavy atom. The molecule has 0 saturated heterocycles. The van der Waals surface area contributed by atoms with Crippen molar-refractivity contribution in [3.05, 3.63) is 29.3 Å². The third-order valence-corrected chi connectivity index (χ3v) is 3.06. The van der Waals surface area contributed by atoms with E-state index >= 15 is 0 Å². The number of rotatable bonds is 6. The van der Waals surface area contributed by atoms with E-state index in [0.717, 1.165) is 6.42 Å². The second-order valence-corrected chi connectivity index (χ2v) is 5.39. The van der Waals surface area contributed by atoms with Crippen molar-refractivity contribution in [3.63, 3.8) is 0 Å². The highest BCUT2D eigenvalue weighted by atomic mass is 19.1. The maximum Gasteiger partial charge on any atom is 0.242 e. The van der Waals surface area contributed by atoms with Gasteiger partial charge in [0, 0.05) is 6.54 Å². The Bertz CT molecular complexity index is 475. The number of nitrogens with one attached hydrogen (secondary N) is 2. The number of halogens is 2. The number of benzene rings is 1. The molecule has 0 radical (unpaired) electrons. The molecule has 1 unspecified atom stereocenters. The van der Waals surface area contributed by atoms with Gasteiger partial charge < -0.3 is 10.6 Å². The molecule has 0 aliphatic carbocycles. The molecule has 2 N–H and O–H groups in total. The standard InChI is InChI=1S/C15H22F2N2O/c1-9(2)7-8-18-15(20)11(4)19-14-12(16)6-5-10(3)13(14)17/h5-6,9,11,19H,7-8H2,1-4H3,(H,18,20). The Morgan fingerprint density at radius 2 is 1.90 bits per heavy atom. The molecule has 0 aliphatic heterocycles. The smallest absolute Gasteiger partial charge is 0.242 e. The van der Waals surface area contributed by atoms with Crippen molar-refractivity contribution in [2.75, 3.05) is 11.9 Å². The van der Waals surface area contributed by atoms with Gasteiger partial charge in [0.2, 0.25) is 5.91 Å². The van der Waals surface area contributed by atoms with Crippen LogP contribution in [0.1, 0.15) is 32.8 Å². The van der Waals surface area contributed by atoms with Crippen LogP contribution in [0.3, 0.4) is 0 Å². The van der Waals surface area contributed by atoms with E-state index in [1.165, 1.54) is 12.1 Å². The predicted molar refractivity (Wildman–Crippen MR) is 76.6 cm³/mol. The van der Waals surface area contributed by atoms with Crippen molar-refractivity contribution in [1.29, 1.82) is 0 Å². The van der Waals surface area contributed by atoms with Crippen LogP contribution in [0.4, 0.5) is 14.5 Å². The molecule has 1 atom stereocenters. The molecule has 1 aromatic rings. The number of anilines is 1. The molecule has 0 saturated carbocycles. The maximum atomic E-state index is 13.8. The molecule has 20 heavy (non-hydrogen) atoms. The van der Waals surface area contributed by atoms with Crippen LogP contribution in [0.15, 0.2) is 12.1 Å². The Balaban J connectivity index is 2.64. The number of carbonyl (C=O) groups excluding carboxylic acids is 1. The minimum atomic E-state index is -0.701. The SMILES string of the molecule is Cc1ccc(F)c(NC(C)C(=O)NCCC(C)C)c1F. The third-order valence-electron chi connectivity index (χ3n) is 3.06. The Hall–Kier alpha value is -1.65. The molecule has 0 fully saturated rings. The molecule has 0 spiro atoms. The van der Waals surface area contributed by atoms with Gasteiger partial charge >= 0.3 is 0 Å². The van der Waals surface area contributed by atoms with Crippen LogP contribution >= 0.6 is 0 Å². The first kappa shape index (κ1) is 16.4. The van der Waals surface area contributed by atoms with Crippen LogP contribution in [-0.4, -0.2) is 18.5 Å². The van der Waals surface area contributed by atoms with E-state index in [4.69, 9.17) is 0 Å². The van der Waals surface area contributed by atoms with Crippen LogP contribution in [0.2, 0.25) is 0 Å². The molecule has 1 rings (SSSR count). The van der Waals surface area contributed by atoms with Crippen molar-refractivity contribution in [1.82, 2.24) is 5.32 Å². The van der Waals surface area contributed by atoms with Gasteiger partial charge in [0.15, 0.2) is 5.82 Å². The Morgan fingerprint density at radius 3 is 2.50 bits per heavy atom. The van der Waals surface area contributed by atoms with Crippen LogP contribution in [0, 0.1) is 24.5 Å². The quantitative estimate of drug-likeness (QED) is 0.842. The normalized spacial score (nSPS) is 12.3. The van der Waals surface area contributed by atoms with Gasteiger partial charge in [-0.25, -0.2) is 8.78 Å². The second-order valence-electron chi connectivity index (χ2n) is 5.39. The molecule has 0 aliphatic rings. The van der Waals surface area contributed by atoms with E-state index in [2.05, 4.69) is 24.5 Å². The monoisotopic (exact) mass is 284 g/mol. The van der Waals surface area contributed by atoms with Crippen LogP contribution < -0.4 is 10.6 Å². The Labute approximate surface area is 118 Å². The number of hydrogen-bond acceptors (Lipinski definition) is 2. The minimum Gasteiger partial charge on any atom is -0.369 e. The molecule has 0 bridgehead atoms. The lowest BCUT2D eigenvalue weighted by Crippen LogP contribution is -2.38. The lowest BCUT2D eigenvalue weighted by Gasteiger charge is -2.17. The number of hydrogen-bond donors (Lipinski definition) is 2. The zero-order valence-corrected chi connectivity index (χ0v) is 12.4. The van der Waals surface area contributed by atoms with Gasteiger partial charge in [-0.1, -0.05) is 19.9 Å². The zero-order valence-electron chi connectivity index (χ0n) is 12.4. The summed E-state index contributed by atoms with van der Waals surface area (Å²) in [5.74, 6) is -1.14. The molecular formula is C15H22F2N2O. The lowest BCUT2D eigenvalue weighted by molar-refractivity contribution is -0.121. The molecule has 5 heteroatoms. The fraction of sp³-hybridized carbons (Fsp3) is 0.533. The van der Waals surface area contributed by atoms with E-state index in [1.807, 2.05) is 0 Å². The summed E-state index contributed by atoms with van der Waals surface area (Å²) >= 11 is 0. The topological polar surface area (TPSA) is 41.1 Å². The van der Waals surface area contributed by atoms with Gasteiger partial charge in [0.1, 0.15) is 17.5 Å². The number of aryl methyl sites for hydroxylation is 1. The fourth-order valence-corrected chi connectivity index (χ4v) is 1.71. The molecule has 3 nitrogen and oxygen atoms in total. The summed E-state index contributed by atoms with van der Waals surface area (Å²) < 4.78 is 27.4. The van der Waals surface area contributed by atoms with E-state index in [-0.39, 0.29) is 11.6 Å². The molecule has 112 valence electrons. The van der Waals surface area contributed by atoms with Crippen LogP contribution in [-0.2, 0) is 4.79 Å². The van der Waals surface area contributed by atoms with Crippen molar-refractivity contribution in [2.24, 2.45) is 5.92 Å². The summed E-state index contributed by atoms with van der Waals surface area (Å²) in [4.78, 5) is 11.8. The summed E-state index contributed by atoms with van der Waals surface area (Å²) in [7, 11) is 0. The average molecular weight is 284 g/mol. The summed E-state index contributed by atoms with van der Waals surface area (Å²) in [6.07, 6.45) is 0.867. The highest BCUT2D eigenvalue weighted by Crippen LogP contribution is 2.22. The first-order chi connectivity index (χ1) is 9.32. The van der Waals surface area contributed by atoms with Crippen molar-refractivity contribution in [3.8, 4) is 0 Å². The highest BCUT2D eigenvalue weighted by Gasteiger charge is 2.18. The summed E-state index contributed by atoms with van der Waals surface area (Å²) in [5, 5.41) is 5.34. The summed E-state index contributed by atoms with van der Waals surface area (Å²) in [6, 6.07) is 1.85. The fourth-order valence-electron chi connectivity index (χ4n) is 1.71. The lowest BCUT2D eigenvalue weighted by atomic mass is 10.1. The van der Waals surface area contributed by atoms with Gasteiger partial charge in [-0.3, -0.25) is 4.79 Å².